The predicted molar refractivity (Wildman–Crippen MR) is 64.1 cm³/mol. The molecule has 1 aromatic carbocycles. The molecule has 0 heterocycles. The van der Waals surface area contributed by atoms with Crippen LogP contribution in [0.15, 0.2) is 12.1 Å². The summed E-state index contributed by atoms with van der Waals surface area (Å²) in [6.07, 6.45) is 3.97. The first-order valence-corrected chi connectivity index (χ1v) is 5.95. The zero-order valence-electron chi connectivity index (χ0n) is 8.92. The number of phenols is 1. The van der Waals surface area contributed by atoms with Crippen molar-refractivity contribution in [2.75, 3.05) is 11.2 Å². The van der Waals surface area contributed by atoms with Gasteiger partial charge in [-0.15, -0.1) is 11.6 Å². The number of alkyl halides is 1. The molecular formula is C12H14ClNO2. The number of hydrogen-bond acceptors (Lipinski definition) is 2. The van der Waals surface area contributed by atoms with Crippen LogP contribution in [0.1, 0.15) is 24.0 Å². The van der Waals surface area contributed by atoms with Crippen LogP contribution in [-0.2, 0) is 17.6 Å². The molecule has 0 saturated carbocycles. The van der Waals surface area contributed by atoms with E-state index in [-0.39, 0.29) is 11.8 Å². The fourth-order valence-corrected chi connectivity index (χ4v) is 2.22. The van der Waals surface area contributed by atoms with Crippen molar-refractivity contribution in [3.63, 3.8) is 0 Å². The fourth-order valence-electron chi connectivity index (χ4n) is 2.15. The van der Waals surface area contributed by atoms with Gasteiger partial charge in [0, 0.05) is 5.69 Å². The average Bonchev–Trinajstić information content (AvgIpc) is 2.33. The number of benzene rings is 1. The Morgan fingerprint density at radius 1 is 1.31 bits per heavy atom. The van der Waals surface area contributed by atoms with Gasteiger partial charge in [0.2, 0.25) is 5.91 Å². The van der Waals surface area contributed by atoms with E-state index in [1.807, 2.05) is 0 Å². The van der Waals surface area contributed by atoms with Gasteiger partial charge < -0.3 is 10.4 Å². The topological polar surface area (TPSA) is 49.3 Å². The molecule has 2 N–H and O–H groups in total. The van der Waals surface area contributed by atoms with Crippen molar-refractivity contribution < 1.29 is 9.90 Å². The Bertz CT molecular complexity index is 418. The van der Waals surface area contributed by atoms with Gasteiger partial charge in [-0.3, -0.25) is 4.79 Å². The molecule has 4 heteroatoms. The molecule has 0 aromatic heterocycles. The first kappa shape index (κ1) is 11.3. The first-order chi connectivity index (χ1) is 7.72. The Morgan fingerprint density at radius 3 is 2.69 bits per heavy atom. The maximum atomic E-state index is 11.2. The second-order valence-corrected chi connectivity index (χ2v) is 4.25. The van der Waals surface area contributed by atoms with Crippen molar-refractivity contribution in [2.45, 2.75) is 25.7 Å². The molecule has 1 aromatic rings. The lowest BCUT2D eigenvalue weighted by Crippen LogP contribution is -2.16. The van der Waals surface area contributed by atoms with Crippen LogP contribution in [-0.4, -0.2) is 16.9 Å². The summed E-state index contributed by atoms with van der Waals surface area (Å²) < 4.78 is 0. The highest BCUT2D eigenvalue weighted by Crippen LogP contribution is 2.34. The predicted octanol–water partition coefficient (Wildman–Crippen LogP) is 2.45. The van der Waals surface area contributed by atoms with Crippen LogP contribution < -0.4 is 5.32 Å². The number of phenolic OH excluding ortho intramolecular Hbond substituents is 1. The van der Waals surface area contributed by atoms with Gasteiger partial charge in [-0.25, -0.2) is 0 Å². The van der Waals surface area contributed by atoms with Gasteiger partial charge in [0.15, 0.2) is 0 Å². The van der Waals surface area contributed by atoms with Gasteiger partial charge in [0.05, 0.1) is 0 Å². The summed E-state index contributed by atoms with van der Waals surface area (Å²) in [4.78, 5) is 11.2. The van der Waals surface area contributed by atoms with Crippen molar-refractivity contribution in [2.24, 2.45) is 0 Å². The zero-order valence-corrected chi connectivity index (χ0v) is 9.68. The number of rotatable bonds is 2. The van der Waals surface area contributed by atoms with Crippen LogP contribution in [0.25, 0.3) is 0 Å². The second-order valence-electron chi connectivity index (χ2n) is 3.98. The number of carbonyl (C=O) groups is 1. The lowest BCUT2D eigenvalue weighted by atomic mass is 9.89. The normalized spacial score (nSPS) is 14.3. The minimum absolute atomic E-state index is 0.0460. The lowest BCUT2D eigenvalue weighted by molar-refractivity contribution is -0.113. The van der Waals surface area contributed by atoms with Crippen molar-refractivity contribution in [3.8, 4) is 5.75 Å². The number of hydrogen-bond donors (Lipinski definition) is 2. The maximum absolute atomic E-state index is 11.2. The Labute approximate surface area is 99.4 Å². The van der Waals surface area contributed by atoms with Crippen molar-refractivity contribution in [1.82, 2.24) is 0 Å². The van der Waals surface area contributed by atoms with E-state index in [9.17, 15) is 9.90 Å². The van der Waals surface area contributed by atoms with E-state index in [0.717, 1.165) is 42.5 Å². The SMILES string of the molecule is O=C(CCl)Nc1ccc(O)c2c1CCCC2. The van der Waals surface area contributed by atoms with Crippen LogP contribution in [0.5, 0.6) is 5.75 Å². The Kier molecular flexibility index (Phi) is 3.34. The molecule has 0 atom stereocenters. The van der Waals surface area contributed by atoms with Gasteiger partial charge in [-0.2, -0.15) is 0 Å². The van der Waals surface area contributed by atoms with Crippen LogP contribution in [0.3, 0.4) is 0 Å². The zero-order chi connectivity index (χ0) is 11.5. The summed E-state index contributed by atoms with van der Waals surface area (Å²) in [5.41, 5.74) is 2.82. The smallest absolute Gasteiger partial charge is 0.239 e. The maximum Gasteiger partial charge on any atom is 0.239 e. The molecule has 1 aliphatic carbocycles. The number of amides is 1. The summed E-state index contributed by atoms with van der Waals surface area (Å²) in [5, 5.41) is 12.5. The molecule has 16 heavy (non-hydrogen) atoms. The van der Waals surface area contributed by atoms with Gasteiger partial charge in [-0.05, 0) is 48.9 Å². The molecule has 0 unspecified atom stereocenters. The van der Waals surface area contributed by atoms with E-state index in [0.29, 0.717) is 5.75 Å². The number of fused-ring (bicyclic) bond motifs is 1. The Balaban J connectivity index is 2.35. The molecule has 0 saturated heterocycles. The first-order valence-electron chi connectivity index (χ1n) is 5.42. The highest BCUT2D eigenvalue weighted by molar-refractivity contribution is 6.29. The van der Waals surface area contributed by atoms with Gasteiger partial charge in [-0.1, -0.05) is 0 Å². The fraction of sp³-hybridized carbons (Fsp3) is 0.417. The van der Waals surface area contributed by atoms with Crippen LogP contribution in [0, 0.1) is 0 Å². The van der Waals surface area contributed by atoms with E-state index in [4.69, 9.17) is 11.6 Å². The molecule has 1 aliphatic rings. The van der Waals surface area contributed by atoms with E-state index in [2.05, 4.69) is 5.32 Å². The largest absolute Gasteiger partial charge is 0.508 e. The molecule has 0 aliphatic heterocycles. The molecule has 0 spiro atoms. The second kappa shape index (κ2) is 4.74. The number of halogens is 1. The number of anilines is 1. The van der Waals surface area contributed by atoms with Crippen molar-refractivity contribution >= 4 is 23.2 Å². The van der Waals surface area contributed by atoms with E-state index in [1.165, 1.54) is 0 Å². The summed E-state index contributed by atoms with van der Waals surface area (Å²) >= 11 is 5.45. The minimum Gasteiger partial charge on any atom is -0.508 e. The molecule has 1 amide bonds. The van der Waals surface area contributed by atoms with Crippen LogP contribution >= 0.6 is 11.6 Å². The molecule has 0 radical (unpaired) electrons. The Morgan fingerprint density at radius 2 is 2.00 bits per heavy atom. The number of carbonyl (C=O) groups excluding carboxylic acids is 1. The van der Waals surface area contributed by atoms with Crippen molar-refractivity contribution in [1.29, 1.82) is 0 Å². The lowest BCUT2D eigenvalue weighted by Gasteiger charge is -2.20. The standard InChI is InChI=1S/C12H14ClNO2/c13-7-12(16)14-10-5-6-11(15)9-4-2-1-3-8(9)10/h5-6,15H,1-4,7H2,(H,14,16). The molecule has 3 nitrogen and oxygen atoms in total. The third-order valence-electron chi connectivity index (χ3n) is 2.91. The third kappa shape index (κ3) is 2.14. The molecule has 2 rings (SSSR count). The number of aromatic hydroxyl groups is 1. The Hall–Kier alpha value is -1.22. The van der Waals surface area contributed by atoms with Crippen LogP contribution in [0.4, 0.5) is 5.69 Å². The summed E-state index contributed by atoms with van der Waals surface area (Å²) in [6, 6.07) is 3.37. The molecule has 0 fully saturated rings. The monoisotopic (exact) mass is 239 g/mol. The van der Waals surface area contributed by atoms with E-state index >= 15 is 0 Å². The highest BCUT2D eigenvalue weighted by Gasteiger charge is 2.17. The summed E-state index contributed by atoms with van der Waals surface area (Å²) in [7, 11) is 0. The average molecular weight is 240 g/mol. The quantitative estimate of drug-likeness (QED) is 0.615. The van der Waals surface area contributed by atoms with Gasteiger partial charge in [0.25, 0.3) is 0 Å². The highest BCUT2D eigenvalue weighted by atomic mass is 35.5. The van der Waals surface area contributed by atoms with Gasteiger partial charge in [0.1, 0.15) is 11.6 Å². The van der Waals surface area contributed by atoms with E-state index < -0.39 is 0 Å². The summed E-state index contributed by atoms with van der Waals surface area (Å²) in [5.74, 6) is 0.0778. The molecule has 0 bridgehead atoms. The third-order valence-corrected chi connectivity index (χ3v) is 3.15. The summed E-state index contributed by atoms with van der Waals surface area (Å²) in [6.45, 7) is 0. The van der Waals surface area contributed by atoms with Crippen molar-refractivity contribution in [3.05, 3.63) is 23.3 Å². The van der Waals surface area contributed by atoms with E-state index in [1.54, 1.807) is 12.1 Å². The minimum atomic E-state index is -0.208. The van der Waals surface area contributed by atoms with Crippen LogP contribution in [0.2, 0.25) is 0 Å². The molecular weight excluding hydrogens is 226 g/mol. The molecule has 86 valence electrons. The van der Waals surface area contributed by atoms with Gasteiger partial charge >= 0.3 is 0 Å². The number of nitrogens with one attached hydrogen (secondary N) is 1.